The molecule has 0 spiro atoms. The summed E-state index contributed by atoms with van der Waals surface area (Å²) >= 11 is 1.37. The molecule has 0 saturated carbocycles. The molecule has 0 N–H and O–H groups in total. The van der Waals surface area contributed by atoms with Crippen molar-refractivity contribution in [1.29, 1.82) is 0 Å². The average molecular weight is 397 g/mol. The zero-order valence-corrected chi connectivity index (χ0v) is 16.7. The average Bonchev–Trinajstić information content (AvgIpc) is 3.01. The second-order valence-corrected chi connectivity index (χ2v) is 9.47. The van der Waals surface area contributed by atoms with Crippen LogP contribution in [0.5, 0.6) is 0 Å². The predicted molar refractivity (Wildman–Crippen MR) is 106 cm³/mol. The number of thiophene rings is 1. The largest absolute Gasteiger partial charge is 0.379 e. The van der Waals surface area contributed by atoms with Crippen LogP contribution >= 0.6 is 11.3 Å². The van der Waals surface area contributed by atoms with Gasteiger partial charge in [0.25, 0.3) is 0 Å². The number of nitrogens with zero attached hydrogens (tertiary/aromatic N) is 2. The van der Waals surface area contributed by atoms with Crippen molar-refractivity contribution in [3.8, 4) is 0 Å². The molecule has 0 bridgehead atoms. The monoisotopic (exact) mass is 396 g/mol. The molecule has 142 valence electrons. The molecule has 0 aliphatic carbocycles. The van der Waals surface area contributed by atoms with Gasteiger partial charge in [0.1, 0.15) is 5.00 Å². The van der Waals surface area contributed by atoms with E-state index in [9.17, 15) is 13.2 Å². The Kier molecular flexibility index (Phi) is 5.96. The standard InChI is InChI=1S/C18H24N2O4S2/c1-3-26(22,23)20(9-8-19-10-12-24-13-11-19)18-17(14(2)21)15-6-4-5-7-16(15)25-18/h4-7H,3,8-13H2,1-2H3. The topological polar surface area (TPSA) is 66.9 Å². The van der Waals surface area contributed by atoms with Crippen molar-refractivity contribution in [3.05, 3.63) is 29.8 Å². The van der Waals surface area contributed by atoms with E-state index in [1.165, 1.54) is 22.6 Å². The van der Waals surface area contributed by atoms with Crippen LogP contribution in [0.15, 0.2) is 24.3 Å². The van der Waals surface area contributed by atoms with Gasteiger partial charge in [-0.3, -0.25) is 14.0 Å². The van der Waals surface area contributed by atoms with Crippen LogP contribution in [-0.4, -0.2) is 64.2 Å². The number of hydrogen-bond acceptors (Lipinski definition) is 6. The van der Waals surface area contributed by atoms with Crippen molar-refractivity contribution in [2.45, 2.75) is 13.8 Å². The highest BCUT2D eigenvalue weighted by molar-refractivity contribution is 7.93. The predicted octanol–water partition coefficient (Wildman–Crippen LogP) is 2.59. The van der Waals surface area contributed by atoms with Crippen LogP contribution in [0, 0.1) is 0 Å². The van der Waals surface area contributed by atoms with Crippen LogP contribution in [-0.2, 0) is 14.8 Å². The molecule has 6 nitrogen and oxygen atoms in total. The zero-order valence-electron chi connectivity index (χ0n) is 15.1. The third-order valence-electron chi connectivity index (χ3n) is 4.58. The Hall–Kier alpha value is -1.48. The number of Topliss-reactive ketones (excluding diaryl/α,β-unsaturated/α-hetero) is 1. The van der Waals surface area contributed by atoms with Crippen LogP contribution < -0.4 is 4.31 Å². The minimum atomic E-state index is -3.48. The van der Waals surface area contributed by atoms with Gasteiger partial charge in [0.05, 0.1) is 24.5 Å². The highest BCUT2D eigenvalue weighted by Crippen LogP contribution is 2.39. The fraction of sp³-hybridized carbons (Fsp3) is 0.500. The SMILES string of the molecule is CCS(=O)(=O)N(CCN1CCOCC1)c1sc2ccccc2c1C(C)=O. The Morgan fingerprint density at radius 1 is 1.27 bits per heavy atom. The van der Waals surface area contributed by atoms with E-state index in [1.807, 2.05) is 24.3 Å². The third-order valence-corrected chi connectivity index (χ3v) is 7.65. The number of morpholine rings is 1. The summed E-state index contributed by atoms with van der Waals surface area (Å²) in [6, 6.07) is 7.58. The molecule has 1 aromatic heterocycles. The Bertz CT molecular complexity index is 886. The van der Waals surface area contributed by atoms with Crippen molar-refractivity contribution < 1.29 is 17.9 Å². The van der Waals surface area contributed by atoms with E-state index in [0.29, 0.717) is 36.9 Å². The number of carbonyl (C=O) groups is 1. The van der Waals surface area contributed by atoms with Gasteiger partial charge >= 0.3 is 0 Å². The number of benzene rings is 1. The van der Waals surface area contributed by atoms with Crippen LogP contribution in [0.1, 0.15) is 24.2 Å². The third kappa shape index (κ3) is 3.93. The Labute approximate surface area is 158 Å². The summed E-state index contributed by atoms with van der Waals surface area (Å²) in [7, 11) is -3.48. The number of rotatable bonds is 7. The maximum atomic E-state index is 12.8. The molecule has 0 unspecified atom stereocenters. The molecular formula is C18H24N2O4S2. The van der Waals surface area contributed by atoms with E-state index in [0.717, 1.165) is 23.2 Å². The molecule has 8 heteroatoms. The minimum Gasteiger partial charge on any atom is -0.379 e. The zero-order chi connectivity index (χ0) is 18.7. The van der Waals surface area contributed by atoms with E-state index < -0.39 is 10.0 Å². The number of hydrogen-bond donors (Lipinski definition) is 0. The van der Waals surface area contributed by atoms with E-state index >= 15 is 0 Å². The molecule has 1 aliphatic heterocycles. The van der Waals surface area contributed by atoms with E-state index in [-0.39, 0.29) is 11.5 Å². The number of fused-ring (bicyclic) bond motifs is 1. The summed E-state index contributed by atoms with van der Waals surface area (Å²) in [5, 5.41) is 1.36. The van der Waals surface area contributed by atoms with Gasteiger partial charge in [-0.05, 0) is 19.9 Å². The van der Waals surface area contributed by atoms with Gasteiger partial charge in [-0.25, -0.2) is 8.42 Å². The number of ether oxygens (including phenoxy) is 1. The van der Waals surface area contributed by atoms with Gasteiger partial charge in [-0.2, -0.15) is 0 Å². The lowest BCUT2D eigenvalue weighted by Crippen LogP contribution is -2.43. The first-order valence-corrected chi connectivity index (χ1v) is 11.2. The lowest BCUT2D eigenvalue weighted by atomic mass is 10.1. The maximum Gasteiger partial charge on any atom is 0.235 e. The highest BCUT2D eigenvalue weighted by atomic mass is 32.2. The lowest BCUT2D eigenvalue weighted by Gasteiger charge is -2.30. The van der Waals surface area contributed by atoms with Crippen molar-refractivity contribution in [2.75, 3.05) is 49.5 Å². The molecule has 1 saturated heterocycles. The van der Waals surface area contributed by atoms with E-state index in [4.69, 9.17) is 4.74 Å². The minimum absolute atomic E-state index is 0.00169. The summed E-state index contributed by atoms with van der Waals surface area (Å²) in [5.41, 5.74) is 0.504. The van der Waals surface area contributed by atoms with E-state index in [1.54, 1.807) is 6.92 Å². The molecular weight excluding hydrogens is 372 g/mol. The lowest BCUT2D eigenvalue weighted by molar-refractivity contribution is 0.0395. The highest BCUT2D eigenvalue weighted by Gasteiger charge is 2.28. The summed E-state index contributed by atoms with van der Waals surface area (Å²) in [6.45, 7) is 7.02. The molecule has 0 atom stereocenters. The number of carbonyl (C=O) groups excluding carboxylic acids is 1. The molecule has 0 radical (unpaired) electrons. The van der Waals surface area contributed by atoms with Gasteiger partial charge in [0.2, 0.25) is 10.0 Å². The first-order valence-electron chi connectivity index (χ1n) is 8.77. The van der Waals surface area contributed by atoms with Crippen molar-refractivity contribution in [2.24, 2.45) is 0 Å². The van der Waals surface area contributed by atoms with Gasteiger partial charge in [-0.15, -0.1) is 11.3 Å². The Morgan fingerprint density at radius 3 is 2.62 bits per heavy atom. The maximum absolute atomic E-state index is 12.8. The normalized spacial score (nSPS) is 16.1. The second-order valence-electron chi connectivity index (χ2n) is 6.26. The molecule has 2 heterocycles. The van der Waals surface area contributed by atoms with Crippen molar-refractivity contribution in [1.82, 2.24) is 4.90 Å². The number of sulfonamides is 1. The Balaban J connectivity index is 2.00. The molecule has 3 rings (SSSR count). The van der Waals surface area contributed by atoms with E-state index in [2.05, 4.69) is 4.90 Å². The molecule has 26 heavy (non-hydrogen) atoms. The number of anilines is 1. The quantitative estimate of drug-likeness (QED) is 0.673. The summed E-state index contributed by atoms with van der Waals surface area (Å²) in [6.07, 6.45) is 0. The van der Waals surface area contributed by atoms with Gasteiger partial charge < -0.3 is 4.74 Å². The number of ketones is 1. The smallest absolute Gasteiger partial charge is 0.235 e. The van der Waals surface area contributed by atoms with Gasteiger partial charge in [-0.1, -0.05) is 18.2 Å². The van der Waals surface area contributed by atoms with Crippen LogP contribution in [0.3, 0.4) is 0 Å². The van der Waals surface area contributed by atoms with Crippen molar-refractivity contribution in [3.63, 3.8) is 0 Å². The van der Waals surface area contributed by atoms with Gasteiger partial charge in [0.15, 0.2) is 5.78 Å². The van der Waals surface area contributed by atoms with Gasteiger partial charge in [0, 0.05) is 36.3 Å². The summed E-state index contributed by atoms with van der Waals surface area (Å²) in [5.74, 6) is -0.109. The molecule has 1 aliphatic rings. The van der Waals surface area contributed by atoms with Crippen LogP contribution in [0.2, 0.25) is 0 Å². The molecule has 0 amide bonds. The fourth-order valence-electron chi connectivity index (χ4n) is 3.13. The molecule has 1 fully saturated rings. The molecule has 2 aromatic rings. The van der Waals surface area contributed by atoms with Crippen LogP contribution in [0.4, 0.5) is 5.00 Å². The first kappa shape index (κ1) is 19.3. The fourth-order valence-corrected chi connectivity index (χ4v) is 5.78. The molecule has 1 aromatic carbocycles. The van der Waals surface area contributed by atoms with Crippen molar-refractivity contribution >= 4 is 42.2 Å². The summed E-state index contributed by atoms with van der Waals surface area (Å²) < 4.78 is 33.3. The Morgan fingerprint density at radius 2 is 1.96 bits per heavy atom. The summed E-state index contributed by atoms with van der Waals surface area (Å²) in [4.78, 5) is 14.5. The second kappa shape index (κ2) is 8.04. The first-order chi connectivity index (χ1) is 12.4. The van der Waals surface area contributed by atoms with Crippen LogP contribution in [0.25, 0.3) is 10.1 Å².